The summed E-state index contributed by atoms with van der Waals surface area (Å²) >= 11 is 0. The summed E-state index contributed by atoms with van der Waals surface area (Å²) in [5.74, 6) is 0.731. The van der Waals surface area contributed by atoms with E-state index in [0.29, 0.717) is 5.69 Å². The van der Waals surface area contributed by atoms with E-state index in [0.717, 1.165) is 28.2 Å². The number of rotatable bonds is 5. The van der Waals surface area contributed by atoms with Crippen LogP contribution in [0.15, 0.2) is 78.2 Å². The Morgan fingerprint density at radius 1 is 1.26 bits per heavy atom. The second-order valence-electron chi connectivity index (χ2n) is 5.31. The Labute approximate surface area is 137 Å². The first kappa shape index (κ1) is 16.3. The van der Waals surface area contributed by atoms with Crippen LogP contribution in [0.1, 0.15) is 19.4 Å². The van der Waals surface area contributed by atoms with Crippen molar-refractivity contribution in [2.24, 2.45) is 0 Å². The predicted octanol–water partition coefficient (Wildman–Crippen LogP) is 5.10. The molecule has 0 unspecified atom stereocenters. The van der Waals surface area contributed by atoms with Crippen LogP contribution in [0, 0.1) is 0 Å². The summed E-state index contributed by atoms with van der Waals surface area (Å²) in [5.41, 5.74) is 13.6. The molecule has 3 nitrogen and oxygen atoms in total. The standard InChI is InChI=1S/C20H21N3/c1-4-15(2)12-16(3)8-9-17-6-5-7-19(13-17)23-20-14-18(21)10-11-22-20/h5-14H,1H2,2-3H3,(H3,21,22,23). The van der Waals surface area contributed by atoms with Gasteiger partial charge in [0.2, 0.25) is 0 Å². The number of benzene rings is 1. The first-order valence-corrected chi connectivity index (χ1v) is 7.38. The number of nitrogens with zero attached hydrogens (tertiary/aromatic N) is 1. The third-order valence-electron chi connectivity index (χ3n) is 3.20. The Kier molecular flexibility index (Phi) is 5.56. The van der Waals surface area contributed by atoms with Crippen molar-refractivity contribution in [1.29, 1.82) is 0 Å². The van der Waals surface area contributed by atoms with Crippen molar-refractivity contribution in [3.63, 3.8) is 0 Å². The molecule has 3 heteroatoms. The molecule has 0 atom stereocenters. The van der Waals surface area contributed by atoms with Crippen LogP contribution in [-0.2, 0) is 0 Å². The SMILES string of the molecule is C=C=C(C)C=C(C)C=Cc1cccc(Nc2cc(N)ccn2)c1. The van der Waals surface area contributed by atoms with Crippen molar-refractivity contribution in [1.82, 2.24) is 4.98 Å². The van der Waals surface area contributed by atoms with Gasteiger partial charge in [-0.2, -0.15) is 0 Å². The highest BCUT2D eigenvalue weighted by Crippen LogP contribution is 2.18. The molecule has 23 heavy (non-hydrogen) atoms. The number of nitrogens with two attached hydrogens (primary N) is 1. The number of nitrogens with one attached hydrogen (secondary N) is 1. The molecule has 1 aromatic heterocycles. The molecule has 1 heterocycles. The summed E-state index contributed by atoms with van der Waals surface area (Å²) in [4.78, 5) is 4.25. The normalized spacial score (nSPS) is 11.3. The summed E-state index contributed by atoms with van der Waals surface area (Å²) in [6, 6.07) is 11.7. The van der Waals surface area contributed by atoms with Gasteiger partial charge in [0.1, 0.15) is 5.82 Å². The molecule has 0 saturated heterocycles. The third kappa shape index (κ3) is 5.34. The Balaban J connectivity index is 2.14. The fraction of sp³-hybridized carbons (Fsp3) is 0.100. The van der Waals surface area contributed by atoms with Crippen molar-refractivity contribution in [2.75, 3.05) is 11.1 Å². The van der Waals surface area contributed by atoms with E-state index in [1.165, 1.54) is 0 Å². The number of nitrogen functional groups attached to an aromatic ring is 1. The number of allylic oxidation sites excluding steroid dienone is 4. The lowest BCUT2D eigenvalue weighted by molar-refractivity contribution is 1.31. The van der Waals surface area contributed by atoms with Crippen LogP contribution in [0.4, 0.5) is 17.2 Å². The number of hydrogen-bond donors (Lipinski definition) is 2. The molecule has 2 rings (SSSR count). The van der Waals surface area contributed by atoms with Crippen molar-refractivity contribution < 1.29 is 0 Å². The van der Waals surface area contributed by atoms with E-state index in [1.807, 2.05) is 25.1 Å². The van der Waals surface area contributed by atoms with Crippen molar-refractivity contribution in [3.05, 3.63) is 83.8 Å². The molecular formula is C20H21N3. The van der Waals surface area contributed by atoms with Crippen LogP contribution in [0.2, 0.25) is 0 Å². The minimum atomic E-state index is 0.685. The van der Waals surface area contributed by atoms with Gasteiger partial charge < -0.3 is 11.1 Å². The minimum absolute atomic E-state index is 0.685. The zero-order chi connectivity index (χ0) is 16.7. The van der Waals surface area contributed by atoms with Crippen molar-refractivity contribution in [2.45, 2.75) is 13.8 Å². The second kappa shape index (κ2) is 7.83. The summed E-state index contributed by atoms with van der Waals surface area (Å²) in [6.07, 6.45) is 7.87. The number of anilines is 3. The van der Waals surface area contributed by atoms with E-state index in [2.05, 4.69) is 53.8 Å². The zero-order valence-electron chi connectivity index (χ0n) is 13.5. The molecule has 0 aliphatic carbocycles. The van der Waals surface area contributed by atoms with Gasteiger partial charge in [0.05, 0.1) is 0 Å². The molecule has 1 aromatic carbocycles. The molecule has 0 aliphatic rings. The quantitative estimate of drug-likeness (QED) is 0.597. The number of aromatic nitrogens is 1. The van der Waals surface area contributed by atoms with Gasteiger partial charge in [-0.1, -0.05) is 36.4 Å². The molecule has 0 radical (unpaired) electrons. The molecule has 3 N–H and O–H groups in total. The Hall–Kier alpha value is -3.03. The van der Waals surface area contributed by atoms with Gasteiger partial charge in [0, 0.05) is 23.6 Å². The average Bonchev–Trinajstić information content (AvgIpc) is 2.53. The summed E-state index contributed by atoms with van der Waals surface area (Å²) in [7, 11) is 0. The molecule has 0 fully saturated rings. The van der Waals surface area contributed by atoms with Crippen LogP contribution in [0.5, 0.6) is 0 Å². The fourth-order valence-electron chi connectivity index (χ4n) is 2.05. The van der Waals surface area contributed by atoms with E-state index >= 15 is 0 Å². The molecule has 2 aromatic rings. The highest BCUT2D eigenvalue weighted by molar-refractivity contribution is 5.64. The van der Waals surface area contributed by atoms with E-state index < -0.39 is 0 Å². The lowest BCUT2D eigenvalue weighted by Crippen LogP contribution is -1.95. The van der Waals surface area contributed by atoms with Crippen LogP contribution in [0.3, 0.4) is 0 Å². The van der Waals surface area contributed by atoms with E-state index in [-0.39, 0.29) is 0 Å². The van der Waals surface area contributed by atoms with Gasteiger partial charge in [0.15, 0.2) is 0 Å². The fourth-order valence-corrected chi connectivity index (χ4v) is 2.05. The lowest BCUT2D eigenvalue weighted by Gasteiger charge is -2.06. The van der Waals surface area contributed by atoms with Gasteiger partial charge in [-0.15, -0.1) is 5.73 Å². The summed E-state index contributed by atoms with van der Waals surface area (Å²) in [6.45, 7) is 7.67. The van der Waals surface area contributed by atoms with Gasteiger partial charge in [-0.05, 0) is 49.3 Å². The smallest absolute Gasteiger partial charge is 0.132 e. The van der Waals surface area contributed by atoms with Crippen LogP contribution < -0.4 is 11.1 Å². The number of pyridine rings is 1. The van der Waals surface area contributed by atoms with Gasteiger partial charge in [0.25, 0.3) is 0 Å². The maximum Gasteiger partial charge on any atom is 0.132 e. The highest BCUT2D eigenvalue weighted by Gasteiger charge is 1.97. The van der Waals surface area contributed by atoms with E-state index in [4.69, 9.17) is 5.73 Å². The summed E-state index contributed by atoms with van der Waals surface area (Å²) < 4.78 is 0. The topological polar surface area (TPSA) is 50.9 Å². The van der Waals surface area contributed by atoms with Crippen LogP contribution >= 0.6 is 0 Å². The first-order valence-electron chi connectivity index (χ1n) is 7.38. The summed E-state index contributed by atoms with van der Waals surface area (Å²) in [5, 5.41) is 3.25. The Bertz CT molecular complexity index is 794. The van der Waals surface area contributed by atoms with Crippen LogP contribution in [-0.4, -0.2) is 4.98 Å². The average molecular weight is 303 g/mol. The van der Waals surface area contributed by atoms with Crippen LogP contribution in [0.25, 0.3) is 6.08 Å². The molecule has 0 amide bonds. The van der Waals surface area contributed by atoms with Gasteiger partial charge >= 0.3 is 0 Å². The third-order valence-corrected chi connectivity index (χ3v) is 3.20. The maximum atomic E-state index is 5.77. The molecule has 0 bridgehead atoms. The largest absolute Gasteiger partial charge is 0.399 e. The first-order chi connectivity index (χ1) is 11.1. The van der Waals surface area contributed by atoms with Crippen molar-refractivity contribution >= 4 is 23.3 Å². The molecule has 0 saturated carbocycles. The van der Waals surface area contributed by atoms with Crippen molar-refractivity contribution in [3.8, 4) is 0 Å². The highest BCUT2D eigenvalue weighted by atomic mass is 15.0. The van der Waals surface area contributed by atoms with E-state index in [9.17, 15) is 0 Å². The van der Waals surface area contributed by atoms with E-state index in [1.54, 1.807) is 18.3 Å². The monoisotopic (exact) mass is 303 g/mol. The predicted molar refractivity (Wildman–Crippen MR) is 99.5 cm³/mol. The number of hydrogen-bond acceptors (Lipinski definition) is 3. The Morgan fingerprint density at radius 3 is 2.83 bits per heavy atom. The molecule has 116 valence electrons. The maximum absolute atomic E-state index is 5.77. The van der Waals surface area contributed by atoms with Gasteiger partial charge in [-0.3, -0.25) is 0 Å². The minimum Gasteiger partial charge on any atom is -0.399 e. The lowest BCUT2D eigenvalue weighted by atomic mass is 10.1. The molecule has 0 spiro atoms. The zero-order valence-corrected chi connectivity index (χ0v) is 13.5. The Morgan fingerprint density at radius 2 is 2.09 bits per heavy atom. The molecular weight excluding hydrogens is 282 g/mol. The van der Waals surface area contributed by atoms with Gasteiger partial charge in [-0.25, -0.2) is 4.98 Å². The molecule has 0 aliphatic heterocycles. The second-order valence-corrected chi connectivity index (χ2v) is 5.31.